The highest BCUT2D eigenvalue weighted by molar-refractivity contribution is 7.14. The molecular weight excluding hydrogens is 348 g/mol. The third-order valence-corrected chi connectivity index (χ3v) is 4.99. The van der Waals surface area contributed by atoms with Crippen molar-refractivity contribution in [2.75, 3.05) is 11.4 Å². The van der Waals surface area contributed by atoms with Gasteiger partial charge in [-0.1, -0.05) is 25.1 Å². The predicted octanol–water partition coefficient (Wildman–Crippen LogP) is 3.09. The third kappa shape index (κ3) is 4.89. The molecule has 1 aromatic heterocycles. The summed E-state index contributed by atoms with van der Waals surface area (Å²) in [6.07, 6.45) is 0.831. The van der Waals surface area contributed by atoms with Gasteiger partial charge in [-0.2, -0.15) is 0 Å². The number of nitrogens with zero attached hydrogens (tertiary/aromatic N) is 3. The molecule has 0 spiro atoms. The summed E-state index contributed by atoms with van der Waals surface area (Å²) in [7, 11) is 0. The highest BCUT2D eigenvalue weighted by Gasteiger charge is 2.21. The summed E-state index contributed by atoms with van der Waals surface area (Å²) < 4.78 is 0. The van der Waals surface area contributed by atoms with Crippen LogP contribution in [0.3, 0.4) is 0 Å². The second-order valence-corrected chi connectivity index (χ2v) is 7.26. The maximum atomic E-state index is 12.3. The Labute approximate surface area is 158 Å². The minimum atomic E-state index is -0.364. The normalized spacial score (nSPS) is 11.2. The van der Waals surface area contributed by atoms with Crippen molar-refractivity contribution in [1.82, 2.24) is 9.88 Å². The van der Waals surface area contributed by atoms with Gasteiger partial charge in [0.25, 0.3) is 0 Å². The molecule has 0 bridgehead atoms. The molecule has 0 aliphatic rings. The van der Waals surface area contributed by atoms with Crippen LogP contribution >= 0.6 is 11.3 Å². The van der Waals surface area contributed by atoms with Crippen molar-refractivity contribution in [3.63, 3.8) is 0 Å². The van der Waals surface area contributed by atoms with Crippen molar-refractivity contribution in [3.8, 4) is 0 Å². The number of rotatable bonds is 8. The van der Waals surface area contributed by atoms with E-state index in [0.717, 1.165) is 23.4 Å². The molecule has 0 atom stereocenters. The van der Waals surface area contributed by atoms with E-state index in [4.69, 9.17) is 5.73 Å². The lowest BCUT2D eigenvalue weighted by Crippen LogP contribution is -2.38. The van der Waals surface area contributed by atoms with Gasteiger partial charge in [0, 0.05) is 24.9 Å². The van der Waals surface area contributed by atoms with Crippen LogP contribution in [-0.4, -0.2) is 34.3 Å². The Kier molecular flexibility index (Phi) is 6.88. The Balaban J connectivity index is 2.30. The van der Waals surface area contributed by atoms with Crippen molar-refractivity contribution < 1.29 is 9.59 Å². The Morgan fingerprint density at radius 3 is 2.54 bits per heavy atom. The average Bonchev–Trinajstić information content (AvgIpc) is 3.02. The first-order valence-electron chi connectivity index (χ1n) is 8.68. The highest BCUT2D eigenvalue weighted by atomic mass is 32.1. The van der Waals surface area contributed by atoms with Gasteiger partial charge >= 0.3 is 0 Å². The fourth-order valence-electron chi connectivity index (χ4n) is 2.74. The van der Waals surface area contributed by atoms with Crippen molar-refractivity contribution in [3.05, 3.63) is 40.9 Å². The van der Waals surface area contributed by atoms with E-state index in [1.54, 1.807) is 11.8 Å². The lowest BCUT2D eigenvalue weighted by molar-refractivity contribution is -0.119. The minimum Gasteiger partial charge on any atom is -0.369 e. The molecule has 140 valence electrons. The second kappa shape index (κ2) is 8.91. The Morgan fingerprint density at radius 1 is 1.27 bits per heavy atom. The number of carbonyl (C=O) groups excluding carboxylic acids is 2. The SMILES string of the molecule is CCc1ccccc1N(C(C)=O)c1nc(CN(CC(N)=O)C(C)C)cs1. The van der Waals surface area contributed by atoms with Gasteiger partial charge in [-0.3, -0.25) is 19.4 Å². The summed E-state index contributed by atoms with van der Waals surface area (Å²) in [5.74, 6) is -0.443. The number of thiazole rings is 1. The number of anilines is 2. The standard InChI is InChI=1S/C19H26N4O2S/c1-5-15-8-6-7-9-17(15)23(14(4)24)19-21-16(12-26-19)10-22(13(2)3)11-18(20)25/h6-9,12-13H,5,10-11H2,1-4H3,(H2,20,25). The van der Waals surface area contributed by atoms with E-state index in [2.05, 4.69) is 11.9 Å². The zero-order chi connectivity index (χ0) is 19.3. The van der Waals surface area contributed by atoms with Crippen LogP contribution in [0.1, 0.15) is 39.0 Å². The van der Waals surface area contributed by atoms with Crippen LogP contribution in [0.4, 0.5) is 10.8 Å². The molecule has 7 heteroatoms. The first-order chi connectivity index (χ1) is 12.3. The number of aromatic nitrogens is 1. The van der Waals surface area contributed by atoms with Crippen molar-refractivity contribution in [1.29, 1.82) is 0 Å². The molecule has 0 saturated heterocycles. The maximum Gasteiger partial charge on any atom is 0.231 e. The quantitative estimate of drug-likeness (QED) is 0.770. The first kappa shape index (κ1) is 20.1. The zero-order valence-electron chi connectivity index (χ0n) is 15.7. The molecule has 0 aliphatic carbocycles. The first-order valence-corrected chi connectivity index (χ1v) is 9.56. The van der Waals surface area contributed by atoms with E-state index < -0.39 is 0 Å². The van der Waals surface area contributed by atoms with E-state index in [0.29, 0.717) is 11.7 Å². The summed E-state index contributed by atoms with van der Waals surface area (Å²) in [5, 5.41) is 2.56. The molecule has 0 fully saturated rings. The van der Waals surface area contributed by atoms with E-state index in [9.17, 15) is 9.59 Å². The number of hydrogen-bond donors (Lipinski definition) is 1. The molecule has 0 aliphatic heterocycles. The van der Waals surface area contributed by atoms with Gasteiger partial charge in [-0.05, 0) is 31.9 Å². The fourth-order valence-corrected chi connectivity index (χ4v) is 3.61. The molecule has 6 nitrogen and oxygen atoms in total. The average molecular weight is 375 g/mol. The fraction of sp³-hybridized carbons (Fsp3) is 0.421. The van der Waals surface area contributed by atoms with E-state index in [-0.39, 0.29) is 24.4 Å². The van der Waals surface area contributed by atoms with Gasteiger partial charge in [0.15, 0.2) is 5.13 Å². The van der Waals surface area contributed by atoms with Crippen LogP contribution in [0.2, 0.25) is 0 Å². The number of nitrogens with two attached hydrogens (primary N) is 1. The van der Waals surface area contributed by atoms with Gasteiger partial charge in [-0.25, -0.2) is 4.98 Å². The summed E-state index contributed by atoms with van der Waals surface area (Å²) in [5.41, 5.74) is 8.11. The highest BCUT2D eigenvalue weighted by Crippen LogP contribution is 2.32. The number of benzene rings is 1. The molecule has 0 unspecified atom stereocenters. The number of aryl methyl sites for hydroxylation is 1. The maximum absolute atomic E-state index is 12.3. The lowest BCUT2D eigenvalue weighted by atomic mass is 10.1. The van der Waals surface area contributed by atoms with E-state index in [1.165, 1.54) is 11.3 Å². The molecule has 2 N–H and O–H groups in total. The number of carbonyl (C=O) groups is 2. The summed E-state index contributed by atoms with van der Waals surface area (Å²) in [6, 6.07) is 8.02. The molecule has 2 rings (SSSR count). The van der Waals surface area contributed by atoms with Gasteiger partial charge in [0.05, 0.1) is 17.9 Å². The van der Waals surface area contributed by atoms with Gasteiger partial charge in [-0.15, -0.1) is 11.3 Å². The smallest absolute Gasteiger partial charge is 0.231 e. The van der Waals surface area contributed by atoms with Gasteiger partial charge < -0.3 is 5.73 Å². The second-order valence-electron chi connectivity index (χ2n) is 6.42. The monoisotopic (exact) mass is 374 g/mol. The molecular formula is C19H26N4O2S. The largest absolute Gasteiger partial charge is 0.369 e. The summed E-state index contributed by atoms with van der Waals surface area (Å²) >= 11 is 1.42. The van der Waals surface area contributed by atoms with Crippen molar-refractivity contribution >= 4 is 34.0 Å². The predicted molar refractivity (Wildman–Crippen MR) is 105 cm³/mol. The zero-order valence-corrected chi connectivity index (χ0v) is 16.5. The molecule has 1 heterocycles. The van der Waals surface area contributed by atoms with Crippen LogP contribution in [0, 0.1) is 0 Å². The molecule has 0 saturated carbocycles. The van der Waals surface area contributed by atoms with Gasteiger partial charge in [0.1, 0.15) is 0 Å². The Bertz CT molecular complexity index is 772. The van der Waals surface area contributed by atoms with Gasteiger partial charge in [0.2, 0.25) is 11.8 Å². The molecule has 0 radical (unpaired) electrons. The van der Waals surface area contributed by atoms with Crippen LogP contribution in [0.15, 0.2) is 29.6 Å². The Hall–Kier alpha value is -2.25. The number of primary amides is 1. The lowest BCUT2D eigenvalue weighted by Gasteiger charge is -2.24. The topological polar surface area (TPSA) is 79.5 Å². The van der Waals surface area contributed by atoms with Crippen molar-refractivity contribution in [2.45, 2.75) is 46.7 Å². The number of para-hydroxylation sites is 1. The number of hydrogen-bond acceptors (Lipinski definition) is 5. The van der Waals surface area contributed by atoms with Crippen LogP contribution < -0.4 is 10.6 Å². The van der Waals surface area contributed by atoms with E-state index >= 15 is 0 Å². The molecule has 2 amide bonds. The van der Waals surface area contributed by atoms with E-state index in [1.807, 2.05) is 48.4 Å². The Morgan fingerprint density at radius 2 is 1.96 bits per heavy atom. The summed E-state index contributed by atoms with van der Waals surface area (Å²) in [4.78, 5) is 31.8. The minimum absolute atomic E-state index is 0.0790. The van der Waals surface area contributed by atoms with Crippen molar-refractivity contribution in [2.24, 2.45) is 5.73 Å². The number of amides is 2. The van der Waals surface area contributed by atoms with Crippen LogP contribution in [0.5, 0.6) is 0 Å². The summed E-state index contributed by atoms with van der Waals surface area (Å²) in [6.45, 7) is 8.32. The third-order valence-electron chi connectivity index (χ3n) is 4.11. The van der Waals surface area contributed by atoms with Crippen LogP contribution in [0.25, 0.3) is 0 Å². The molecule has 2 aromatic rings. The molecule has 1 aromatic carbocycles. The molecule has 26 heavy (non-hydrogen) atoms. The van der Waals surface area contributed by atoms with Crippen LogP contribution in [-0.2, 0) is 22.6 Å².